The van der Waals surface area contributed by atoms with Gasteiger partial charge in [-0.05, 0) is 36.4 Å². The lowest BCUT2D eigenvalue weighted by Gasteiger charge is -2.04. The molecule has 2 nitrogen and oxygen atoms in total. The maximum Gasteiger partial charge on any atom is 0.127 e. The highest BCUT2D eigenvalue weighted by molar-refractivity contribution is 5.85. The molecular weight excluding hydrogens is 329 g/mol. The Labute approximate surface area is 153 Å². The molecule has 0 heterocycles. The van der Waals surface area contributed by atoms with Gasteiger partial charge < -0.3 is 4.74 Å². The van der Waals surface area contributed by atoms with E-state index < -0.39 is 0 Å². The Morgan fingerprint density at radius 3 is 1.70 bits per heavy atom. The topological polar surface area (TPSA) is 33.0 Å². The first-order valence-corrected chi connectivity index (χ1v) is 7.03. The van der Waals surface area contributed by atoms with Crippen LogP contribution in [0.25, 0.3) is 0 Å². The summed E-state index contributed by atoms with van der Waals surface area (Å²) in [4.78, 5) is 0. The monoisotopic (exact) mass is 355 g/mol. The molecule has 0 aliphatic heterocycles. The van der Waals surface area contributed by atoms with Gasteiger partial charge in [-0.1, -0.05) is 58.7 Å². The third-order valence-corrected chi connectivity index (χ3v) is 2.67. The Morgan fingerprint density at radius 1 is 0.826 bits per heavy atom. The average Bonchev–Trinajstić information content (AvgIpc) is 2.50. The van der Waals surface area contributed by atoms with Crippen molar-refractivity contribution in [1.29, 1.82) is 5.26 Å². The standard InChI is InChI=1S/C13H9NO.C5H12.CH4.2ClH/c14-10-11-6-8-13(9-7-11)15-12-4-2-1-3-5-12;1-3-5-4-2;;;/h1-9H;3-5H2,1-2H3;1H4;2*1H. The Morgan fingerprint density at radius 2 is 1.30 bits per heavy atom. The van der Waals surface area contributed by atoms with Crippen molar-refractivity contribution in [2.24, 2.45) is 0 Å². The van der Waals surface area contributed by atoms with Gasteiger partial charge in [-0.25, -0.2) is 0 Å². The van der Waals surface area contributed by atoms with E-state index in [1.54, 1.807) is 24.3 Å². The van der Waals surface area contributed by atoms with E-state index in [1.807, 2.05) is 30.3 Å². The van der Waals surface area contributed by atoms with Gasteiger partial charge in [-0.15, -0.1) is 24.8 Å². The number of benzene rings is 2. The van der Waals surface area contributed by atoms with E-state index >= 15 is 0 Å². The number of nitrogens with zero attached hydrogens (tertiary/aromatic N) is 1. The maximum absolute atomic E-state index is 8.63. The number of rotatable bonds is 4. The van der Waals surface area contributed by atoms with Gasteiger partial charge in [-0.2, -0.15) is 5.26 Å². The molecule has 0 fully saturated rings. The molecule has 2 aromatic carbocycles. The third kappa shape index (κ3) is 11.5. The number of halogens is 2. The first-order valence-electron chi connectivity index (χ1n) is 7.03. The van der Waals surface area contributed by atoms with Crippen LogP contribution in [0.2, 0.25) is 0 Å². The van der Waals surface area contributed by atoms with Crippen LogP contribution >= 0.6 is 24.8 Å². The minimum atomic E-state index is 0. The van der Waals surface area contributed by atoms with Gasteiger partial charge >= 0.3 is 0 Å². The Balaban J connectivity index is -0.000000444. The second-order valence-corrected chi connectivity index (χ2v) is 4.40. The van der Waals surface area contributed by atoms with Crippen LogP contribution in [0.5, 0.6) is 11.5 Å². The van der Waals surface area contributed by atoms with E-state index in [2.05, 4.69) is 19.9 Å². The molecule has 0 aliphatic carbocycles. The zero-order valence-corrected chi connectivity index (χ0v) is 14.6. The Hall–Kier alpha value is -1.69. The van der Waals surface area contributed by atoms with Gasteiger partial charge in [0.25, 0.3) is 0 Å². The van der Waals surface area contributed by atoms with E-state index in [1.165, 1.54) is 19.3 Å². The van der Waals surface area contributed by atoms with E-state index in [9.17, 15) is 0 Å². The van der Waals surface area contributed by atoms with E-state index in [0.29, 0.717) is 5.56 Å². The van der Waals surface area contributed by atoms with Gasteiger partial charge in [0.1, 0.15) is 11.5 Å². The van der Waals surface area contributed by atoms with Crippen LogP contribution in [0, 0.1) is 11.3 Å². The number of hydrogen-bond acceptors (Lipinski definition) is 2. The van der Waals surface area contributed by atoms with E-state index in [0.717, 1.165) is 11.5 Å². The van der Waals surface area contributed by atoms with Gasteiger partial charge in [0.15, 0.2) is 0 Å². The number of nitriles is 1. The molecule has 128 valence electrons. The lowest BCUT2D eigenvalue weighted by atomic mass is 10.2. The summed E-state index contributed by atoms with van der Waals surface area (Å²) in [5.74, 6) is 1.53. The van der Waals surface area contributed by atoms with Crippen molar-refractivity contribution < 1.29 is 4.74 Å². The predicted molar refractivity (Wildman–Crippen MR) is 104 cm³/mol. The molecule has 0 saturated heterocycles. The van der Waals surface area contributed by atoms with Crippen LogP contribution in [0.1, 0.15) is 46.1 Å². The highest BCUT2D eigenvalue weighted by Gasteiger charge is 1.95. The van der Waals surface area contributed by atoms with Crippen LogP contribution in [-0.2, 0) is 0 Å². The summed E-state index contributed by atoms with van der Waals surface area (Å²) < 4.78 is 5.57. The number of para-hydroxylation sites is 1. The summed E-state index contributed by atoms with van der Waals surface area (Å²) in [5.41, 5.74) is 0.635. The fraction of sp³-hybridized carbons (Fsp3) is 0.316. The lowest BCUT2D eigenvalue weighted by molar-refractivity contribution is 0.482. The van der Waals surface area contributed by atoms with Crippen LogP contribution in [0.15, 0.2) is 54.6 Å². The molecule has 0 bridgehead atoms. The van der Waals surface area contributed by atoms with Gasteiger partial charge in [0.2, 0.25) is 0 Å². The molecule has 2 rings (SSSR count). The fourth-order valence-corrected chi connectivity index (χ4v) is 1.58. The molecule has 0 aliphatic rings. The SMILES string of the molecule is C.CCCCC.Cl.Cl.N#Cc1ccc(Oc2ccccc2)cc1. The molecule has 23 heavy (non-hydrogen) atoms. The molecule has 2 aromatic rings. The summed E-state index contributed by atoms with van der Waals surface area (Å²) in [5, 5.41) is 8.63. The van der Waals surface area contributed by atoms with Gasteiger partial charge in [0, 0.05) is 0 Å². The zero-order valence-electron chi connectivity index (χ0n) is 13.0. The van der Waals surface area contributed by atoms with Crippen LogP contribution in [-0.4, -0.2) is 0 Å². The maximum atomic E-state index is 8.63. The molecule has 0 amide bonds. The predicted octanol–water partition coefficient (Wildman–Crippen LogP) is 7.03. The van der Waals surface area contributed by atoms with Crippen LogP contribution < -0.4 is 4.74 Å². The van der Waals surface area contributed by atoms with Crippen molar-refractivity contribution in [1.82, 2.24) is 0 Å². The minimum absolute atomic E-state index is 0. The van der Waals surface area contributed by atoms with Crippen molar-refractivity contribution >= 4 is 24.8 Å². The second kappa shape index (κ2) is 16.7. The fourth-order valence-electron chi connectivity index (χ4n) is 1.58. The second-order valence-electron chi connectivity index (χ2n) is 4.40. The minimum Gasteiger partial charge on any atom is -0.457 e. The number of ether oxygens (including phenoxy) is 1. The molecule has 4 heteroatoms. The molecule has 0 N–H and O–H groups in total. The van der Waals surface area contributed by atoms with Crippen molar-refractivity contribution in [2.45, 2.75) is 40.5 Å². The van der Waals surface area contributed by atoms with E-state index in [4.69, 9.17) is 10.00 Å². The third-order valence-electron chi connectivity index (χ3n) is 2.67. The summed E-state index contributed by atoms with van der Waals surface area (Å²) in [6.45, 7) is 4.42. The van der Waals surface area contributed by atoms with Crippen molar-refractivity contribution in [3.8, 4) is 17.6 Å². The van der Waals surface area contributed by atoms with Crippen molar-refractivity contribution in [3.63, 3.8) is 0 Å². The largest absolute Gasteiger partial charge is 0.457 e. The normalized spacial score (nSPS) is 7.87. The first-order chi connectivity index (χ1) is 9.80. The molecule has 0 aromatic heterocycles. The molecular formula is C19H27Cl2NO. The Bertz CT molecular complexity index is 519. The number of hydrogen-bond donors (Lipinski definition) is 0. The smallest absolute Gasteiger partial charge is 0.127 e. The highest BCUT2D eigenvalue weighted by Crippen LogP contribution is 2.20. The quantitative estimate of drug-likeness (QED) is 0.589. The van der Waals surface area contributed by atoms with Crippen molar-refractivity contribution in [3.05, 3.63) is 60.2 Å². The Kier molecular flexibility index (Phi) is 19.0. The molecule has 0 atom stereocenters. The summed E-state index contributed by atoms with van der Waals surface area (Å²) in [7, 11) is 0. The zero-order chi connectivity index (χ0) is 14.6. The molecule has 0 unspecified atom stereocenters. The lowest BCUT2D eigenvalue weighted by Crippen LogP contribution is -1.83. The molecule has 0 spiro atoms. The van der Waals surface area contributed by atoms with E-state index in [-0.39, 0.29) is 32.2 Å². The molecule has 0 radical (unpaired) electrons. The summed E-state index contributed by atoms with van der Waals surface area (Å²) in [6, 6.07) is 18.6. The van der Waals surface area contributed by atoms with Crippen molar-refractivity contribution in [2.75, 3.05) is 0 Å². The van der Waals surface area contributed by atoms with Crippen LogP contribution in [0.3, 0.4) is 0 Å². The highest BCUT2D eigenvalue weighted by atomic mass is 35.5. The summed E-state index contributed by atoms with van der Waals surface area (Å²) in [6.07, 6.45) is 4.08. The summed E-state index contributed by atoms with van der Waals surface area (Å²) >= 11 is 0. The van der Waals surface area contributed by atoms with Gasteiger partial charge in [0.05, 0.1) is 11.6 Å². The van der Waals surface area contributed by atoms with Gasteiger partial charge in [-0.3, -0.25) is 0 Å². The first kappa shape index (κ1) is 26.2. The number of unbranched alkanes of at least 4 members (excludes halogenated alkanes) is 2. The average molecular weight is 356 g/mol. The molecule has 0 saturated carbocycles. The van der Waals surface area contributed by atoms with Crippen LogP contribution in [0.4, 0.5) is 0 Å².